The third-order valence-corrected chi connectivity index (χ3v) is 7.06. The molecule has 0 aliphatic carbocycles. The normalized spacial score (nSPS) is 11.1. The van der Waals surface area contributed by atoms with Crippen molar-refractivity contribution in [3.63, 3.8) is 0 Å². The lowest BCUT2D eigenvalue weighted by atomic mass is 10.2. The Labute approximate surface area is 183 Å². The first-order valence-corrected chi connectivity index (χ1v) is 11.8. The number of thioether (sulfide) groups is 1. The second-order valence-electron chi connectivity index (χ2n) is 5.95. The number of carbonyl (C=O) groups is 1. The maximum Gasteiger partial charge on any atom is 0.263 e. The van der Waals surface area contributed by atoms with E-state index in [1.54, 1.807) is 28.0 Å². The maximum atomic E-state index is 13.1. The number of halogens is 1. The van der Waals surface area contributed by atoms with Gasteiger partial charge < -0.3 is 5.32 Å². The number of anilines is 1. The van der Waals surface area contributed by atoms with Gasteiger partial charge in [0.1, 0.15) is 10.6 Å². The first kappa shape index (κ1) is 20.1. The third-order valence-electron chi connectivity index (χ3n) is 4.09. The molecule has 0 spiro atoms. The molecule has 0 unspecified atom stereocenters. The number of carbonyl (C=O) groups excluding carboxylic acids is 1. The van der Waals surface area contributed by atoms with E-state index < -0.39 is 0 Å². The minimum atomic E-state index is -0.229. The minimum absolute atomic E-state index is 0.0792. The van der Waals surface area contributed by atoms with Crippen LogP contribution in [0.15, 0.2) is 51.2 Å². The van der Waals surface area contributed by atoms with E-state index in [4.69, 9.17) is 11.6 Å². The van der Waals surface area contributed by atoms with E-state index in [-0.39, 0.29) is 17.2 Å². The first-order valence-electron chi connectivity index (χ1n) is 8.67. The van der Waals surface area contributed by atoms with Crippen LogP contribution in [0, 0.1) is 0 Å². The van der Waals surface area contributed by atoms with Crippen molar-refractivity contribution < 1.29 is 4.79 Å². The highest BCUT2D eigenvalue weighted by molar-refractivity contribution is 7.99. The summed E-state index contributed by atoms with van der Waals surface area (Å²) >= 11 is 10.1. The van der Waals surface area contributed by atoms with Crippen LogP contribution in [-0.4, -0.2) is 26.2 Å². The predicted octanol–water partition coefficient (Wildman–Crippen LogP) is 4.99. The number of fused-ring (bicyclic) bond motifs is 1. The number of nitrogens with one attached hydrogen (secondary N) is 1. The zero-order chi connectivity index (χ0) is 20.4. The molecule has 0 radical (unpaired) electrons. The van der Waals surface area contributed by atoms with Crippen molar-refractivity contribution in [3.05, 3.63) is 56.6 Å². The van der Waals surface area contributed by atoms with E-state index in [9.17, 15) is 9.59 Å². The van der Waals surface area contributed by atoms with Gasteiger partial charge in [0.15, 0.2) is 5.16 Å². The summed E-state index contributed by atoms with van der Waals surface area (Å²) < 4.78 is 1.62. The van der Waals surface area contributed by atoms with Gasteiger partial charge >= 0.3 is 0 Å². The van der Waals surface area contributed by atoms with E-state index in [2.05, 4.69) is 15.3 Å². The predicted molar refractivity (Wildman–Crippen MR) is 121 cm³/mol. The summed E-state index contributed by atoms with van der Waals surface area (Å²) in [6, 6.07) is 7.26. The lowest BCUT2D eigenvalue weighted by Gasteiger charge is -2.10. The van der Waals surface area contributed by atoms with Crippen LogP contribution < -0.4 is 10.9 Å². The molecule has 0 fully saturated rings. The van der Waals surface area contributed by atoms with Gasteiger partial charge in [0, 0.05) is 28.6 Å². The molecule has 4 aromatic rings. The molecular formula is C19H15ClN4O2S3. The first-order chi connectivity index (χ1) is 14.1. The van der Waals surface area contributed by atoms with Gasteiger partial charge in [-0.15, -0.1) is 22.7 Å². The Hall–Kier alpha value is -2.20. The Kier molecular flexibility index (Phi) is 6.00. The molecule has 0 aromatic carbocycles. The van der Waals surface area contributed by atoms with Crippen LogP contribution in [0.5, 0.6) is 0 Å². The zero-order valence-corrected chi connectivity index (χ0v) is 18.4. The topological polar surface area (TPSA) is 76.9 Å². The van der Waals surface area contributed by atoms with Crippen LogP contribution >= 0.6 is 46.0 Å². The average molecular weight is 463 g/mol. The number of pyridine rings is 1. The van der Waals surface area contributed by atoms with Crippen LogP contribution in [0.1, 0.15) is 6.92 Å². The van der Waals surface area contributed by atoms with Crippen LogP contribution in [-0.2, 0) is 11.3 Å². The number of hydrogen-bond donors (Lipinski definition) is 1. The number of hydrogen-bond acceptors (Lipinski definition) is 7. The van der Waals surface area contributed by atoms with Gasteiger partial charge in [0.25, 0.3) is 5.56 Å². The van der Waals surface area contributed by atoms with E-state index >= 15 is 0 Å². The third kappa shape index (κ3) is 4.23. The summed E-state index contributed by atoms with van der Waals surface area (Å²) in [6.07, 6.45) is 1.47. The van der Waals surface area contributed by atoms with Crippen LogP contribution in [0.3, 0.4) is 0 Å². The standard InChI is InChI=1S/C19H15ClN4O2S3/c1-2-24-18(26)16-12(13-4-3-7-27-13)9-28-17(16)23-19(24)29-10-15(25)22-14-6-5-11(20)8-21-14/h3-9H,2,10H2,1H3,(H,21,22,25). The van der Waals surface area contributed by atoms with Gasteiger partial charge in [0.2, 0.25) is 5.91 Å². The monoisotopic (exact) mass is 462 g/mol. The Morgan fingerprint density at radius 3 is 2.86 bits per heavy atom. The van der Waals surface area contributed by atoms with Gasteiger partial charge in [-0.2, -0.15) is 0 Å². The van der Waals surface area contributed by atoms with Crippen LogP contribution in [0.25, 0.3) is 20.7 Å². The molecule has 10 heteroatoms. The molecule has 0 saturated heterocycles. The van der Waals surface area contributed by atoms with Crippen molar-refractivity contribution in [1.82, 2.24) is 14.5 Å². The molecule has 0 aliphatic rings. The number of nitrogens with zero attached hydrogens (tertiary/aromatic N) is 3. The van der Waals surface area contributed by atoms with E-state index in [1.807, 2.05) is 29.8 Å². The molecule has 1 amide bonds. The molecule has 148 valence electrons. The van der Waals surface area contributed by atoms with Crippen molar-refractivity contribution >= 4 is 68.0 Å². The summed E-state index contributed by atoms with van der Waals surface area (Å²) in [4.78, 5) is 35.8. The minimum Gasteiger partial charge on any atom is -0.310 e. The SMILES string of the molecule is CCn1c(SCC(=O)Nc2ccc(Cl)cn2)nc2scc(-c3cccs3)c2c1=O. The molecule has 0 atom stereocenters. The fourth-order valence-corrected chi connectivity index (χ4v) is 5.54. The molecule has 4 rings (SSSR count). The highest BCUT2D eigenvalue weighted by atomic mass is 35.5. The van der Waals surface area contributed by atoms with Crippen molar-refractivity contribution in [2.24, 2.45) is 0 Å². The highest BCUT2D eigenvalue weighted by Gasteiger charge is 2.18. The molecule has 0 bridgehead atoms. The lowest BCUT2D eigenvalue weighted by molar-refractivity contribution is -0.113. The van der Waals surface area contributed by atoms with Gasteiger partial charge in [-0.25, -0.2) is 9.97 Å². The van der Waals surface area contributed by atoms with E-state index in [0.717, 1.165) is 10.4 Å². The number of amides is 1. The molecule has 0 aliphatic heterocycles. The van der Waals surface area contributed by atoms with Crippen LogP contribution in [0.4, 0.5) is 5.82 Å². The quantitative estimate of drug-likeness (QED) is 0.323. The van der Waals surface area contributed by atoms with Crippen molar-refractivity contribution in [2.75, 3.05) is 11.1 Å². The molecule has 1 N–H and O–H groups in total. The highest BCUT2D eigenvalue weighted by Crippen LogP contribution is 2.34. The van der Waals surface area contributed by atoms with Gasteiger partial charge in [0.05, 0.1) is 16.2 Å². The second kappa shape index (κ2) is 8.66. The van der Waals surface area contributed by atoms with E-state index in [0.29, 0.717) is 32.8 Å². The number of aromatic nitrogens is 3. The smallest absolute Gasteiger partial charge is 0.263 e. The fourth-order valence-electron chi connectivity index (χ4n) is 2.77. The number of rotatable bonds is 6. The second-order valence-corrected chi connectivity index (χ2v) is 9.13. The van der Waals surface area contributed by atoms with E-state index in [1.165, 1.54) is 29.3 Å². The molecule has 4 aromatic heterocycles. The van der Waals surface area contributed by atoms with Crippen molar-refractivity contribution in [2.45, 2.75) is 18.6 Å². The average Bonchev–Trinajstić information content (AvgIpc) is 3.38. The van der Waals surface area contributed by atoms with Crippen molar-refractivity contribution in [3.8, 4) is 10.4 Å². The van der Waals surface area contributed by atoms with Crippen molar-refractivity contribution in [1.29, 1.82) is 0 Å². The maximum absolute atomic E-state index is 13.1. The molecule has 29 heavy (non-hydrogen) atoms. The molecule has 4 heterocycles. The Balaban J connectivity index is 1.58. The summed E-state index contributed by atoms with van der Waals surface area (Å²) in [5.41, 5.74) is 0.840. The summed E-state index contributed by atoms with van der Waals surface area (Å²) in [5.74, 6) is 0.313. The summed E-state index contributed by atoms with van der Waals surface area (Å²) in [5, 5.41) is 8.34. The summed E-state index contributed by atoms with van der Waals surface area (Å²) in [6.45, 7) is 2.37. The number of thiophene rings is 2. The van der Waals surface area contributed by atoms with Gasteiger partial charge in [-0.05, 0) is 30.5 Å². The fraction of sp³-hybridized carbons (Fsp3) is 0.158. The summed E-state index contributed by atoms with van der Waals surface area (Å²) in [7, 11) is 0. The largest absolute Gasteiger partial charge is 0.310 e. The Morgan fingerprint density at radius 1 is 1.31 bits per heavy atom. The molecular weight excluding hydrogens is 448 g/mol. The Bertz CT molecular complexity index is 1220. The molecule has 0 saturated carbocycles. The van der Waals surface area contributed by atoms with Gasteiger partial charge in [-0.3, -0.25) is 14.2 Å². The van der Waals surface area contributed by atoms with Crippen LogP contribution in [0.2, 0.25) is 5.02 Å². The molecule has 6 nitrogen and oxygen atoms in total. The van der Waals surface area contributed by atoms with Gasteiger partial charge in [-0.1, -0.05) is 29.4 Å². The Morgan fingerprint density at radius 2 is 2.17 bits per heavy atom. The zero-order valence-electron chi connectivity index (χ0n) is 15.2. The lowest BCUT2D eigenvalue weighted by Crippen LogP contribution is -2.23.